The summed E-state index contributed by atoms with van der Waals surface area (Å²) in [4.78, 5) is 2.35. The molecule has 0 aromatic carbocycles. The predicted molar refractivity (Wildman–Crippen MR) is 63.9 cm³/mol. The van der Waals surface area contributed by atoms with E-state index in [9.17, 15) is 0 Å². The van der Waals surface area contributed by atoms with Crippen molar-refractivity contribution >= 4 is 0 Å². The Balaban J connectivity index is 2.27. The van der Waals surface area contributed by atoms with Crippen molar-refractivity contribution in [2.75, 3.05) is 33.9 Å². The molecule has 0 saturated heterocycles. The largest absolute Gasteiger partial charge is 0.383 e. The summed E-state index contributed by atoms with van der Waals surface area (Å²) in [6, 6.07) is 0.414. The molecule has 1 rings (SSSR count). The average molecular weight is 214 g/mol. The lowest BCUT2D eigenvalue weighted by atomic mass is 9.95. The van der Waals surface area contributed by atoms with Gasteiger partial charge in [-0.2, -0.15) is 0 Å². The first-order chi connectivity index (χ1) is 7.24. The van der Waals surface area contributed by atoms with Crippen molar-refractivity contribution in [3.63, 3.8) is 0 Å². The highest BCUT2D eigenvalue weighted by Gasteiger charge is 2.21. The second kappa shape index (κ2) is 7.20. The topological polar surface area (TPSA) is 38.5 Å². The Labute approximate surface area is 94.0 Å². The first-order valence-corrected chi connectivity index (χ1v) is 6.17. The summed E-state index contributed by atoms with van der Waals surface area (Å²) >= 11 is 0. The fraction of sp³-hybridized carbons (Fsp3) is 1.00. The van der Waals surface area contributed by atoms with E-state index in [0.29, 0.717) is 12.0 Å². The van der Waals surface area contributed by atoms with Gasteiger partial charge in [-0.15, -0.1) is 0 Å². The van der Waals surface area contributed by atoms with E-state index in [-0.39, 0.29) is 0 Å². The molecule has 2 unspecified atom stereocenters. The van der Waals surface area contributed by atoms with Crippen LogP contribution in [0, 0.1) is 5.92 Å². The zero-order valence-electron chi connectivity index (χ0n) is 10.2. The van der Waals surface area contributed by atoms with E-state index in [0.717, 1.165) is 19.7 Å². The molecule has 3 heteroatoms. The summed E-state index contributed by atoms with van der Waals surface area (Å²) < 4.78 is 5.08. The zero-order valence-corrected chi connectivity index (χ0v) is 10.2. The number of methoxy groups -OCH3 is 1. The van der Waals surface area contributed by atoms with Crippen molar-refractivity contribution in [3.05, 3.63) is 0 Å². The van der Waals surface area contributed by atoms with Crippen molar-refractivity contribution in [2.45, 2.75) is 38.1 Å². The number of ether oxygens (including phenoxy) is 1. The third-order valence-corrected chi connectivity index (χ3v) is 3.44. The SMILES string of the molecule is COCCN(C)CC1CCCCCC1N. The van der Waals surface area contributed by atoms with Crippen LogP contribution in [0.5, 0.6) is 0 Å². The van der Waals surface area contributed by atoms with Gasteiger partial charge in [0.15, 0.2) is 0 Å². The van der Waals surface area contributed by atoms with Crippen molar-refractivity contribution in [3.8, 4) is 0 Å². The van der Waals surface area contributed by atoms with Crippen LogP contribution in [0.3, 0.4) is 0 Å². The lowest BCUT2D eigenvalue weighted by molar-refractivity contribution is 0.147. The molecule has 1 saturated carbocycles. The summed E-state index contributed by atoms with van der Waals surface area (Å²) in [5.41, 5.74) is 6.20. The van der Waals surface area contributed by atoms with Crippen LogP contribution in [0.1, 0.15) is 32.1 Å². The van der Waals surface area contributed by atoms with E-state index < -0.39 is 0 Å². The van der Waals surface area contributed by atoms with Crippen LogP contribution >= 0.6 is 0 Å². The molecule has 1 fully saturated rings. The van der Waals surface area contributed by atoms with Crippen molar-refractivity contribution in [1.82, 2.24) is 4.90 Å². The van der Waals surface area contributed by atoms with Crippen LogP contribution in [-0.2, 0) is 4.74 Å². The van der Waals surface area contributed by atoms with Crippen LogP contribution in [0.2, 0.25) is 0 Å². The smallest absolute Gasteiger partial charge is 0.0589 e. The van der Waals surface area contributed by atoms with E-state index in [2.05, 4.69) is 11.9 Å². The van der Waals surface area contributed by atoms with Gasteiger partial charge in [0.1, 0.15) is 0 Å². The van der Waals surface area contributed by atoms with E-state index in [1.165, 1.54) is 32.1 Å². The maximum Gasteiger partial charge on any atom is 0.0589 e. The fourth-order valence-electron chi connectivity index (χ4n) is 2.38. The van der Waals surface area contributed by atoms with Crippen LogP contribution in [0.25, 0.3) is 0 Å². The molecule has 0 aromatic heterocycles. The van der Waals surface area contributed by atoms with Gasteiger partial charge in [0.05, 0.1) is 6.61 Å². The molecule has 2 atom stereocenters. The second-order valence-electron chi connectivity index (χ2n) is 4.82. The third-order valence-electron chi connectivity index (χ3n) is 3.44. The molecule has 90 valence electrons. The van der Waals surface area contributed by atoms with Gasteiger partial charge in [0.25, 0.3) is 0 Å². The quantitative estimate of drug-likeness (QED) is 0.704. The van der Waals surface area contributed by atoms with Crippen LogP contribution in [0.4, 0.5) is 0 Å². The summed E-state index contributed by atoms with van der Waals surface area (Å²) in [5.74, 6) is 0.689. The molecular formula is C12H26N2O. The summed E-state index contributed by atoms with van der Waals surface area (Å²) in [6.07, 6.45) is 6.56. The minimum Gasteiger partial charge on any atom is -0.383 e. The lowest BCUT2D eigenvalue weighted by Crippen LogP contribution is -2.38. The number of hydrogen-bond donors (Lipinski definition) is 1. The molecule has 0 amide bonds. The molecule has 0 heterocycles. The highest BCUT2D eigenvalue weighted by atomic mass is 16.5. The van der Waals surface area contributed by atoms with Gasteiger partial charge in [0.2, 0.25) is 0 Å². The maximum atomic E-state index is 6.20. The Morgan fingerprint density at radius 2 is 2.00 bits per heavy atom. The number of likely N-dealkylation sites (N-methyl/N-ethyl adjacent to an activating group) is 1. The fourth-order valence-corrected chi connectivity index (χ4v) is 2.38. The Bertz CT molecular complexity index is 164. The average Bonchev–Trinajstić information content (AvgIpc) is 2.42. The molecule has 0 spiro atoms. The maximum absolute atomic E-state index is 6.20. The summed E-state index contributed by atoms with van der Waals surface area (Å²) in [6.45, 7) is 2.96. The van der Waals surface area contributed by atoms with Gasteiger partial charge in [0, 0.05) is 26.2 Å². The first kappa shape index (κ1) is 12.9. The summed E-state index contributed by atoms with van der Waals surface area (Å²) in [7, 11) is 3.92. The van der Waals surface area contributed by atoms with Crippen LogP contribution < -0.4 is 5.73 Å². The third kappa shape index (κ3) is 4.96. The first-order valence-electron chi connectivity index (χ1n) is 6.17. The number of hydrogen-bond acceptors (Lipinski definition) is 3. The highest BCUT2D eigenvalue weighted by Crippen LogP contribution is 2.22. The second-order valence-corrected chi connectivity index (χ2v) is 4.82. The Kier molecular flexibility index (Phi) is 6.22. The molecule has 0 radical (unpaired) electrons. The Morgan fingerprint density at radius 3 is 2.73 bits per heavy atom. The molecule has 0 bridgehead atoms. The molecular weight excluding hydrogens is 188 g/mol. The monoisotopic (exact) mass is 214 g/mol. The number of rotatable bonds is 5. The highest BCUT2D eigenvalue weighted by molar-refractivity contribution is 4.78. The van der Waals surface area contributed by atoms with E-state index in [4.69, 9.17) is 10.5 Å². The van der Waals surface area contributed by atoms with E-state index >= 15 is 0 Å². The van der Waals surface area contributed by atoms with Gasteiger partial charge in [-0.25, -0.2) is 0 Å². The van der Waals surface area contributed by atoms with Gasteiger partial charge in [-0.05, 0) is 25.8 Å². The molecule has 1 aliphatic carbocycles. The van der Waals surface area contributed by atoms with Crippen LogP contribution in [0.15, 0.2) is 0 Å². The minimum absolute atomic E-state index is 0.414. The summed E-state index contributed by atoms with van der Waals surface area (Å²) in [5, 5.41) is 0. The minimum atomic E-state index is 0.414. The lowest BCUT2D eigenvalue weighted by Gasteiger charge is -2.26. The molecule has 3 nitrogen and oxygen atoms in total. The van der Waals surface area contributed by atoms with Gasteiger partial charge in [-0.3, -0.25) is 0 Å². The molecule has 0 aliphatic heterocycles. The molecule has 2 N–H and O–H groups in total. The van der Waals surface area contributed by atoms with Crippen molar-refractivity contribution in [2.24, 2.45) is 11.7 Å². The number of nitrogens with two attached hydrogens (primary N) is 1. The molecule has 15 heavy (non-hydrogen) atoms. The molecule has 0 aromatic rings. The standard InChI is InChI=1S/C12H26N2O/c1-14(8-9-15-2)10-11-6-4-3-5-7-12(11)13/h11-12H,3-10,13H2,1-2H3. The number of nitrogens with zero attached hydrogens (tertiary/aromatic N) is 1. The van der Waals surface area contributed by atoms with Gasteiger partial charge < -0.3 is 15.4 Å². The normalized spacial score (nSPS) is 28.0. The van der Waals surface area contributed by atoms with Gasteiger partial charge >= 0.3 is 0 Å². The van der Waals surface area contributed by atoms with Gasteiger partial charge in [-0.1, -0.05) is 19.3 Å². The predicted octanol–water partition coefficient (Wildman–Crippen LogP) is 1.47. The van der Waals surface area contributed by atoms with Crippen LogP contribution in [-0.4, -0.2) is 44.8 Å². The Hall–Kier alpha value is -0.120. The van der Waals surface area contributed by atoms with Crippen molar-refractivity contribution < 1.29 is 4.74 Å². The van der Waals surface area contributed by atoms with E-state index in [1.54, 1.807) is 7.11 Å². The molecule has 1 aliphatic rings. The Morgan fingerprint density at radius 1 is 1.27 bits per heavy atom. The van der Waals surface area contributed by atoms with Crippen molar-refractivity contribution in [1.29, 1.82) is 0 Å². The van der Waals surface area contributed by atoms with E-state index in [1.807, 2.05) is 0 Å². The zero-order chi connectivity index (χ0) is 11.1.